The van der Waals surface area contributed by atoms with Gasteiger partial charge in [-0.15, -0.1) is 0 Å². The number of methoxy groups -OCH3 is 1. The Morgan fingerprint density at radius 1 is 1.32 bits per heavy atom. The van der Waals surface area contributed by atoms with E-state index in [9.17, 15) is 13.2 Å². The molecule has 1 amide bonds. The Hall–Kier alpha value is -1.64. The Bertz CT molecular complexity index is 711. The van der Waals surface area contributed by atoms with Crippen LogP contribution in [-0.2, 0) is 10.0 Å². The number of amides is 1. The first kappa shape index (κ1) is 19.7. The quantitative estimate of drug-likeness (QED) is 0.780. The molecule has 0 bridgehead atoms. The van der Waals surface area contributed by atoms with Crippen molar-refractivity contribution in [3.05, 3.63) is 23.8 Å². The molecule has 0 radical (unpaired) electrons. The van der Waals surface area contributed by atoms with Gasteiger partial charge in [0, 0.05) is 31.7 Å². The van der Waals surface area contributed by atoms with E-state index < -0.39 is 10.0 Å². The van der Waals surface area contributed by atoms with Gasteiger partial charge in [-0.1, -0.05) is 13.8 Å². The summed E-state index contributed by atoms with van der Waals surface area (Å²) in [6, 6.07) is 4.44. The number of sulfonamides is 1. The summed E-state index contributed by atoms with van der Waals surface area (Å²) in [5.41, 5.74) is 5.66. The van der Waals surface area contributed by atoms with Gasteiger partial charge in [0.05, 0.1) is 7.11 Å². The van der Waals surface area contributed by atoms with Crippen molar-refractivity contribution in [2.45, 2.75) is 25.2 Å². The molecule has 2 atom stereocenters. The first-order valence-electron chi connectivity index (χ1n) is 8.46. The number of benzene rings is 1. The van der Waals surface area contributed by atoms with Crippen molar-refractivity contribution in [1.29, 1.82) is 0 Å². The third kappa shape index (κ3) is 4.50. The van der Waals surface area contributed by atoms with Gasteiger partial charge >= 0.3 is 0 Å². The molecule has 1 fully saturated rings. The van der Waals surface area contributed by atoms with Gasteiger partial charge in [0.25, 0.3) is 5.91 Å². The maximum absolute atomic E-state index is 13.1. The van der Waals surface area contributed by atoms with Crippen molar-refractivity contribution in [3.8, 4) is 5.75 Å². The van der Waals surface area contributed by atoms with Crippen molar-refractivity contribution in [2.24, 2.45) is 17.6 Å². The third-order valence-electron chi connectivity index (χ3n) is 4.31. The summed E-state index contributed by atoms with van der Waals surface area (Å²) in [5.74, 6) is 0.465. The Balaban J connectivity index is 2.39. The fourth-order valence-electron chi connectivity index (χ4n) is 3.25. The number of nitrogens with two attached hydrogens (primary N) is 1. The number of hydrogen-bond donors (Lipinski definition) is 2. The molecular formula is C17H27N3O4S. The Labute approximate surface area is 149 Å². The minimum Gasteiger partial charge on any atom is -0.495 e. The zero-order chi connectivity index (χ0) is 18.6. The number of nitrogens with zero attached hydrogens (tertiary/aromatic N) is 1. The standard InChI is InChI=1S/C17H27N3O4S/c1-12-8-13(2)11-20(10-12)25(22,23)16-9-14(4-5-15(16)24-3)17(21)19-7-6-18/h4-5,9,12-13H,6-8,10-11,18H2,1-3H3,(H,19,21). The average molecular weight is 369 g/mol. The smallest absolute Gasteiger partial charge is 0.251 e. The number of ether oxygens (including phenoxy) is 1. The van der Waals surface area contributed by atoms with Crippen molar-refractivity contribution in [3.63, 3.8) is 0 Å². The second-order valence-electron chi connectivity index (χ2n) is 6.68. The number of piperidine rings is 1. The van der Waals surface area contributed by atoms with Crippen LogP contribution in [0.1, 0.15) is 30.6 Å². The van der Waals surface area contributed by atoms with Crippen molar-refractivity contribution < 1.29 is 17.9 Å². The van der Waals surface area contributed by atoms with E-state index in [4.69, 9.17) is 10.5 Å². The maximum Gasteiger partial charge on any atom is 0.251 e. The third-order valence-corrected chi connectivity index (χ3v) is 6.16. The largest absolute Gasteiger partial charge is 0.495 e. The first-order chi connectivity index (χ1) is 11.8. The molecule has 1 aliphatic rings. The SMILES string of the molecule is COc1ccc(C(=O)NCCN)cc1S(=O)(=O)N1CC(C)CC(C)C1. The van der Waals surface area contributed by atoms with E-state index >= 15 is 0 Å². The molecule has 1 aromatic rings. The van der Waals surface area contributed by atoms with E-state index in [1.54, 1.807) is 6.07 Å². The van der Waals surface area contributed by atoms with Gasteiger partial charge in [0.2, 0.25) is 10.0 Å². The summed E-state index contributed by atoms with van der Waals surface area (Å²) in [6.07, 6.45) is 1.00. The van der Waals surface area contributed by atoms with Gasteiger partial charge in [-0.05, 0) is 36.5 Å². The number of carbonyl (C=O) groups excluding carboxylic acids is 1. The summed E-state index contributed by atoms with van der Waals surface area (Å²) in [4.78, 5) is 12.2. The molecule has 0 spiro atoms. The monoisotopic (exact) mass is 369 g/mol. The molecule has 7 nitrogen and oxygen atoms in total. The van der Waals surface area contributed by atoms with Crippen LogP contribution in [0.15, 0.2) is 23.1 Å². The van der Waals surface area contributed by atoms with Crippen LogP contribution >= 0.6 is 0 Å². The summed E-state index contributed by atoms with van der Waals surface area (Å²) in [7, 11) is -2.32. The van der Waals surface area contributed by atoms with Gasteiger partial charge < -0.3 is 15.8 Å². The highest BCUT2D eigenvalue weighted by molar-refractivity contribution is 7.89. The van der Waals surface area contributed by atoms with E-state index in [1.807, 2.05) is 13.8 Å². The van der Waals surface area contributed by atoms with Crippen molar-refractivity contribution in [2.75, 3.05) is 33.3 Å². The fraction of sp³-hybridized carbons (Fsp3) is 0.588. The normalized spacial score (nSPS) is 21.8. The average Bonchev–Trinajstić information content (AvgIpc) is 2.58. The Morgan fingerprint density at radius 2 is 1.96 bits per heavy atom. The predicted molar refractivity (Wildman–Crippen MR) is 96.1 cm³/mol. The molecule has 0 saturated carbocycles. The summed E-state index contributed by atoms with van der Waals surface area (Å²) in [6.45, 7) is 5.68. The molecular weight excluding hydrogens is 342 g/mol. The van der Waals surface area contributed by atoms with E-state index in [1.165, 1.54) is 23.5 Å². The number of rotatable bonds is 6. The molecule has 0 aliphatic carbocycles. The maximum atomic E-state index is 13.1. The molecule has 1 aromatic carbocycles. The van der Waals surface area contributed by atoms with E-state index in [-0.39, 0.29) is 22.1 Å². The fourth-order valence-corrected chi connectivity index (χ4v) is 5.11. The molecule has 25 heavy (non-hydrogen) atoms. The Kier molecular flexibility index (Phi) is 6.42. The van der Waals surface area contributed by atoms with E-state index in [0.29, 0.717) is 38.0 Å². The molecule has 3 N–H and O–H groups in total. The molecule has 1 saturated heterocycles. The van der Waals surface area contributed by atoms with Crippen LogP contribution in [0.5, 0.6) is 5.75 Å². The number of hydrogen-bond acceptors (Lipinski definition) is 5. The lowest BCUT2D eigenvalue weighted by atomic mass is 9.94. The van der Waals surface area contributed by atoms with Gasteiger partial charge in [-0.2, -0.15) is 4.31 Å². The lowest BCUT2D eigenvalue weighted by Crippen LogP contribution is -2.42. The minimum absolute atomic E-state index is 0.0247. The molecule has 140 valence electrons. The second kappa shape index (κ2) is 8.16. The van der Waals surface area contributed by atoms with Crippen LogP contribution in [-0.4, -0.2) is 51.9 Å². The van der Waals surface area contributed by atoms with Crippen LogP contribution < -0.4 is 15.8 Å². The molecule has 1 aliphatic heterocycles. The van der Waals surface area contributed by atoms with Gasteiger partial charge in [-0.25, -0.2) is 8.42 Å². The summed E-state index contributed by atoms with van der Waals surface area (Å²) >= 11 is 0. The van der Waals surface area contributed by atoms with Gasteiger partial charge in [-0.3, -0.25) is 4.79 Å². The summed E-state index contributed by atoms with van der Waals surface area (Å²) in [5, 5.41) is 2.65. The number of nitrogens with one attached hydrogen (secondary N) is 1. The molecule has 2 unspecified atom stereocenters. The van der Waals surface area contributed by atoms with Crippen LogP contribution in [0.2, 0.25) is 0 Å². The van der Waals surface area contributed by atoms with Gasteiger partial charge in [0.1, 0.15) is 10.6 Å². The molecule has 1 heterocycles. The van der Waals surface area contributed by atoms with E-state index in [2.05, 4.69) is 5.32 Å². The van der Waals surface area contributed by atoms with Crippen LogP contribution in [0.3, 0.4) is 0 Å². The van der Waals surface area contributed by atoms with Gasteiger partial charge in [0.15, 0.2) is 0 Å². The van der Waals surface area contributed by atoms with E-state index in [0.717, 1.165) is 6.42 Å². The lowest BCUT2D eigenvalue weighted by molar-refractivity contribution is 0.0954. The lowest BCUT2D eigenvalue weighted by Gasteiger charge is -2.34. The molecule has 0 aromatic heterocycles. The summed E-state index contributed by atoms with van der Waals surface area (Å²) < 4.78 is 33.0. The zero-order valence-electron chi connectivity index (χ0n) is 15.0. The highest BCUT2D eigenvalue weighted by Gasteiger charge is 2.34. The first-order valence-corrected chi connectivity index (χ1v) is 9.90. The van der Waals surface area contributed by atoms with Crippen LogP contribution in [0, 0.1) is 11.8 Å². The molecule has 2 rings (SSSR count). The number of carbonyl (C=O) groups is 1. The topological polar surface area (TPSA) is 102 Å². The predicted octanol–water partition coefficient (Wildman–Crippen LogP) is 1.05. The van der Waals surface area contributed by atoms with Crippen molar-refractivity contribution in [1.82, 2.24) is 9.62 Å². The van der Waals surface area contributed by atoms with Crippen molar-refractivity contribution >= 4 is 15.9 Å². The highest BCUT2D eigenvalue weighted by Crippen LogP contribution is 2.32. The minimum atomic E-state index is -3.74. The Morgan fingerprint density at radius 3 is 2.52 bits per heavy atom. The van der Waals surface area contributed by atoms with Crippen LogP contribution in [0.25, 0.3) is 0 Å². The second-order valence-corrected chi connectivity index (χ2v) is 8.58. The molecule has 8 heteroatoms. The highest BCUT2D eigenvalue weighted by atomic mass is 32.2. The van der Waals surface area contributed by atoms with Crippen LogP contribution in [0.4, 0.5) is 0 Å². The zero-order valence-corrected chi connectivity index (χ0v) is 15.8.